The number of rotatable bonds is 5. The summed E-state index contributed by atoms with van der Waals surface area (Å²) in [5.41, 5.74) is -1.91. The molecule has 1 aliphatic heterocycles. The summed E-state index contributed by atoms with van der Waals surface area (Å²) in [6.07, 6.45) is 0.406. The number of benzene rings is 1. The third-order valence-corrected chi connectivity index (χ3v) is 5.70. The van der Waals surface area contributed by atoms with Crippen LogP contribution in [0.3, 0.4) is 0 Å². The Balaban J connectivity index is 1.80. The monoisotopic (exact) mass is 446 g/mol. The number of carbonyl (C=O) groups is 1. The molecule has 0 aliphatic carbocycles. The molecule has 0 saturated carbocycles. The Bertz CT molecular complexity index is 1240. The lowest BCUT2D eigenvalue weighted by atomic mass is 10.1. The molecule has 1 aromatic carbocycles. The Morgan fingerprint density at radius 2 is 1.91 bits per heavy atom. The molecule has 2 N–H and O–H groups in total. The maximum absolute atomic E-state index is 14.4. The highest BCUT2D eigenvalue weighted by Crippen LogP contribution is 2.32. The van der Waals surface area contributed by atoms with Gasteiger partial charge in [-0.3, -0.25) is 9.59 Å². The Kier molecular flexibility index (Phi) is 5.49. The number of aryl methyl sites for hydroxylation is 1. The van der Waals surface area contributed by atoms with E-state index >= 15 is 0 Å². The average molecular weight is 446 g/mol. The lowest BCUT2D eigenvalue weighted by molar-refractivity contribution is -0.166. The van der Waals surface area contributed by atoms with Gasteiger partial charge in [0, 0.05) is 13.1 Å². The Hall–Kier alpha value is -3.27. The lowest BCUT2D eigenvalue weighted by Crippen LogP contribution is -2.54. The number of nitrogens with zero attached hydrogens (tertiary/aromatic N) is 3. The first kappa shape index (κ1) is 21.9. The van der Waals surface area contributed by atoms with Gasteiger partial charge in [0.15, 0.2) is 5.75 Å². The number of hydrogen-bond acceptors (Lipinski definition) is 5. The summed E-state index contributed by atoms with van der Waals surface area (Å²) in [6.45, 7) is 6.58. The van der Waals surface area contributed by atoms with Gasteiger partial charge in [-0.25, -0.2) is 13.5 Å². The van der Waals surface area contributed by atoms with Crippen molar-refractivity contribution in [2.75, 3.05) is 19.7 Å². The van der Waals surface area contributed by atoms with Gasteiger partial charge in [-0.1, -0.05) is 13.0 Å². The Labute approximate surface area is 182 Å². The van der Waals surface area contributed by atoms with Gasteiger partial charge in [-0.2, -0.15) is 5.10 Å². The average Bonchev–Trinajstić information content (AvgIpc) is 3.10. The number of aromatic nitrogens is 3. The molecule has 0 bridgehead atoms. The number of ether oxygens (including phenoxy) is 1. The second kappa shape index (κ2) is 8.01. The van der Waals surface area contributed by atoms with Crippen molar-refractivity contribution in [2.24, 2.45) is 0 Å². The minimum Gasteiger partial charge on any atom is -0.503 e. The Morgan fingerprint density at radius 1 is 1.22 bits per heavy atom. The fourth-order valence-corrected chi connectivity index (χ4v) is 4.00. The van der Waals surface area contributed by atoms with E-state index < -0.39 is 34.0 Å². The zero-order valence-electron chi connectivity index (χ0n) is 18.0. The molecule has 1 saturated heterocycles. The highest BCUT2D eigenvalue weighted by molar-refractivity contribution is 5.86. The fourth-order valence-electron chi connectivity index (χ4n) is 4.00. The van der Waals surface area contributed by atoms with Crippen molar-refractivity contribution in [3.63, 3.8) is 0 Å². The second-order valence-corrected chi connectivity index (χ2v) is 8.17. The number of nitrogens with one attached hydrogen (secondary N) is 1. The molecule has 170 valence electrons. The first-order valence-corrected chi connectivity index (χ1v) is 10.4. The van der Waals surface area contributed by atoms with E-state index in [0.29, 0.717) is 31.8 Å². The lowest BCUT2D eigenvalue weighted by Gasteiger charge is -2.37. The van der Waals surface area contributed by atoms with Gasteiger partial charge in [-0.05, 0) is 32.4 Å². The van der Waals surface area contributed by atoms with Crippen LogP contribution in [0.15, 0.2) is 23.0 Å². The standard InChI is InChI=1S/C22H24F2N4O4/c1-4-14-16-18(29)19(30)17(15-12(23)6-5-7-13(15)24)25-20(16)28(26-14)9-8-27-10-11-32-22(2,3)21(27)31/h5-7,30H,4,8-11H2,1-3H3,(H,25,29). The van der Waals surface area contributed by atoms with Crippen LogP contribution in [-0.4, -0.2) is 56.0 Å². The molecule has 0 atom stereocenters. The molecule has 8 nitrogen and oxygen atoms in total. The number of H-pyrrole nitrogens is 1. The van der Waals surface area contributed by atoms with Crippen molar-refractivity contribution in [3.8, 4) is 17.0 Å². The first-order chi connectivity index (χ1) is 15.2. The summed E-state index contributed by atoms with van der Waals surface area (Å²) >= 11 is 0. The fraction of sp³-hybridized carbons (Fsp3) is 0.409. The van der Waals surface area contributed by atoms with E-state index in [2.05, 4.69) is 10.1 Å². The van der Waals surface area contributed by atoms with Crippen LogP contribution < -0.4 is 5.43 Å². The number of carbonyl (C=O) groups excluding carboxylic acids is 1. The quantitative estimate of drug-likeness (QED) is 0.628. The number of fused-ring (bicyclic) bond motifs is 1. The number of morpholine rings is 1. The topological polar surface area (TPSA) is 100 Å². The molecule has 2 aromatic heterocycles. The predicted octanol–water partition coefficient (Wildman–Crippen LogP) is 2.58. The van der Waals surface area contributed by atoms with Crippen LogP contribution in [0.2, 0.25) is 0 Å². The molecule has 1 fully saturated rings. The van der Waals surface area contributed by atoms with Crippen LogP contribution in [0.4, 0.5) is 8.78 Å². The number of hydrogen-bond donors (Lipinski definition) is 2. The van der Waals surface area contributed by atoms with Crippen molar-refractivity contribution in [3.05, 3.63) is 45.8 Å². The van der Waals surface area contributed by atoms with Gasteiger partial charge in [-0.15, -0.1) is 0 Å². The van der Waals surface area contributed by atoms with Crippen molar-refractivity contribution in [1.29, 1.82) is 0 Å². The summed E-state index contributed by atoms with van der Waals surface area (Å²) in [5, 5.41) is 15.1. The van der Waals surface area contributed by atoms with E-state index in [4.69, 9.17) is 4.74 Å². The third-order valence-electron chi connectivity index (χ3n) is 5.70. The maximum atomic E-state index is 14.4. The van der Waals surface area contributed by atoms with Crippen LogP contribution in [-0.2, 0) is 22.5 Å². The smallest absolute Gasteiger partial charge is 0.254 e. The Morgan fingerprint density at radius 3 is 2.56 bits per heavy atom. The van der Waals surface area contributed by atoms with Crippen molar-refractivity contribution in [2.45, 2.75) is 39.3 Å². The summed E-state index contributed by atoms with van der Waals surface area (Å²) < 4.78 is 35.8. The minimum absolute atomic E-state index is 0.152. The molecule has 0 radical (unpaired) electrons. The molecule has 4 rings (SSSR count). The van der Waals surface area contributed by atoms with Gasteiger partial charge in [0.05, 0.1) is 35.5 Å². The third kappa shape index (κ3) is 3.54. The van der Waals surface area contributed by atoms with Gasteiger partial charge >= 0.3 is 0 Å². The second-order valence-electron chi connectivity index (χ2n) is 8.17. The summed E-state index contributed by atoms with van der Waals surface area (Å²) in [6, 6.07) is 3.28. The maximum Gasteiger partial charge on any atom is 0.254 e. The molecule has 32 heavy (non-hydrogen) atoms. The zero-order valence-corrected chi connectivity index (χ0v) is 18.0. The van der Waals surface area contributed by atoms with Gasteiger partial charge in [0.2, 0.25) is 5.43 Å². The minimum atomic E-state index is -0.922. The van der Waals surface area contributed by atoms with Crippen molar-refractivity contribution < 1.29 is 23.4 Å². The number of halogens is 2. The number of amides is 1. The van der Waals surface area contributed by atoms with E-state index in [0.717, 1.165) is 12.1 Å². The molecule has 3 aromatic rings. The number of pyridine rings is 1. The number of aromatic amines is 1. The van der Waals surface area contributed by atoms with Crippen LogP contribution in [0, 0.1) is 11.6 Å². The molecule has 3 heterocycles. The normalized spacial score (nSPS) is 16.2. The van der Waals surface area contributed by atoms with Crippen molar-refractivity contribution in [1.82, 2.24) is 19.7 Å². The van der Waals surface area contributed by atoms with E-state index in [-0.39, 0.29) is 29.2 Å². The zero-order chi connectivity index (χ0) is 23.2. The van der Waals surface area contributed by atoms with Gasteiger partial charge in [0.25, 0.3) is 5.91 Å². The molecular formula is C22H24F2N4O4. The molecular weight excluding hydrogens is 422 g/mol. The van der Waals surface area contributed by atoms with E-state index in [1.165, 1.54) is 10.7 Å². The van der Waals surface area contributed by atoms with Crippen LogP contribution in [0.5, 0.6) is 5.75 Å². The highest BCUT2D eigenvalue weighted by atomic mass is 19.1. The molecule has 10 heteroatoms. The van der Waals surface area contributed by atoms with Gasteiger partial charge in [0.1, 0.15) is 22.9 Å². The SMILES string of the molecule is CCc1nn(CCN2CCOC(C)(C)C2=O)c2[nH]c(-c3c(F)cccc3F)c(O)c(=O)c12. The highest BCUT2D eigenvalue weighted by Gasteiger charge is 2.36. The molecule has 1 aliphatic rings. The summed E-state index contributed by atoms with van der Waals surface area (Å²) in [4.78, 5) is 30.0. The van der Waals surface area contributed by atoms with E-state index in [1.807, 2.05) is 0 Å². The molecule has 0 spiro atoms. The van der Waals surface area contributed by atoms with Crippen LogP contribution in [0.25, 0.3) is 22.3 Å². The summed E-state index contributed by atoms with van der Waals surface area (Å²) in [5.74, 6) is -2.77. The largest absolute Gasteiger partial charge is 0.503 e. The van der Waals surface area contributed by atoms with Crippen molar-refractivity contribution >= 4 is 16.9 Å². The number of aromatic hydroxyl groups is 1. The van der Waals surface area contributed by atoms with Gasteiger partial charge < -0.3 is 19.7 Å². The molecule has 0 unspecified atom stereocenters. The van der Waals surface area contributed by atoms with Crippen LogP contribution >= 0.6 is 0 Å². The molecule has 1 amide bonds. The summed E-state index contributed by atoms with van der Waals surface area (Å²) in [7, 11) is 0. The first-order valence-electron chi connectivity index (χ1n) is 10.4. The van der Waals surface area contributed by atoms with E-state index in [1.54, 1.807) is 25.7 Å². The predicted molar refractivity (Wildman–Crippen MR) is 113 cm³/mol. The van der Waals surface area contributed by atoms with Crippen LogP contribution in [0.1, 0.15) is 26.5 Å². The van der Waals surface area contributed by atoms with E-state index in [9.17, 15) is 23.5 Å².